The first-order valence-electron chi connectivity index (χ1n) is 7.53. The van der Waals surface area contributed by atoms with Crippen LogP contribution in [0, 0.1) is 17.8 Å². The summed E-state index contributed by atoms with van der Waals surface area (Å²) in [5.74, 6) is 2.87. The summed E-state index contributed by atoms with van der Waals surface area (Å²) in [5, 5.41) is 6.98. The molecular weight excluding hydrogens is 210 g/mol. The fraction of sp³-hybridized carbons (Fsp3) is 1.00. The van der Waals surface area contributed by atoms with E-state index in [9.17, 15) is 0 Å². The molecule has 2 rings (SSSR count). The summed E-state index contributed by atoms with van der Waals surface area (Å²) >= 11 is 0. The van der Waals surface area contributed by atoms with Gasteiger partial charge in [-0.1, -0.05) is 0 Å². The predicted octanol–water partition coefficient (Wildman–Crippen LogP) is 1.34. The number of nitrogens with one attached hydrogen (secondary N) is 2. The lowest BCUT2D eigenvalue weighted by atomic mass is 9.71. The molecule has 0 aromatic rings. The van der Waals surface area contributed by atoms with Crippen molar-refractivity contribution in [1.29, 1.82) is 0 Å². The second kappa shape index (κ2) is 7.34. The zero-order valence-electron chi connectivity index (χ0n) is 11.1. The van der Waals surface area contributed by atoms with E-state index in [4.69, 9.17) is 5.73 Å². The molecule has 0 unspecified atom stereocenters. The Hall–Kier alpha value is -0.120. The fourth-order valence-electron chi connectivity index (χ4n) is 3.75. The molecule has 0 aromatic heterocycles. The zero-order chi connectivity index (χ0) is 11.9. The molecule has 100 valence electrons. The molecule has 4 N–H and O–H groups in total. The van der Waals surface area contributed by atoms with Crippen LogP contribution in [-0.4, -0.2) is 32.7 Å². The molecule has 2 aliphatic heterocycles. The van der Waals surface area contributed by atoms with Crippen molar-refractivity contribution in [2.45, 2.75) is 38.5 Å². The van der Waals surface area contributed by atoms with Crippen molar-refractivity contribution in [2.24, 2.45) is 23.5 Å². The number of piperidine rings is 2. The van der Waals surface area contributed by atoms with Gasteiger partial charge < -0.3 is 16.4 Å². The molecule has 3 heteroatoms. The highest BCUT2D eigenvalue weighted by molar-refractivity contribution is 4.83. The van der Waals surface area contributed by atoms with Gasteiger partial charge in [-0.05, 0) is 89.0 Å². The van der Waals surface area contributed by atoms with E-state index in [1.165, 1.54) is 64.7 Å². The summed E-state index contributed by atoms with van der Waals surface area (Å²) in [6.45, 7) is 5.79. The molecule has 2 aliphatic rings. The summed E-state index contributed by atoms with van der Waals surface area (Å²) < 4.78 is 0. The number of hydrogen-bond donors (Lipinski definition) is 3. The molecule has 2 fully saturated rings. The van der Waals surface area contributed by atoms with Gasteiger partial charge in [-0.15, -0.1) is 0 Å². The van der Waals surface area contributed by atoms with Gasteiger partial charge in [0.15, 0.2) is 0 Å². The molecule has 0 bridgehead atoms. The average Bonchev–Trinajstić information content (AvgIpc) is 2.42. The van der Waals surface area contributed by atoms with Gasteiger partial charge in [0.05, 0.1) is 0 Å². The third kappa shape index (κ3) is 3.94. The number of hydrogen-bond acceptors (Lipinski definition) is 3. The fourth-order valence-corrected chi connectivity index (χ4v) is 3.75. The lowest BCUT2D eigenvalue weighted by Gasteiger charge is -2.38. The van der Waals surface area contributed by atoms with E-state index in [2.05, 4.69) is 10.6 Å². The summed E-state index contributed by atoms with van der Waals surface area (Å²) in [5.41, 5.74) is 5.71. The quantitative estimate of drug-likeness (QED) is 0.678. The maximum atomic E-state index is 5.71. The van der Waals surface area contributed by atoms with Crippen LogP contribution in [-0.2, 0) is 0 Å². The maximum Gasteiger partial charge on any atom is -0.00462 e. The van der Waals surface area contributed by atoms with Crippen LogP contribution in [0.15, 0.2) is 0 Å². The van der Waals surface area contributed by atoms with E-state index in [1.54, 1.807) is 0 Å². The molecule has 0 aromatic carbocycles. The van der Waals surface area contributed by atoms with Crippen molar-refractivity contribution in [3.05, 3.63) is 0 Å². The normalized spacial score (nSPS) is 24.4. The molecule has 0 aliphatic carbocycles. The number of rotatable bonds is 5. The topological polar surface area (TPSA) is 50.1 Å². The lowest BCUT2D eigenvalue weighted by Crippen LogP contribution is -2.38. The minimum absolute atomic E-state index is 0.868. The van der Waals surface area contributed by atoms with Crippen LogP contribution in [0.25, 0.3) is 0 Å². The van der Waals surface area contributed by atoms with E-state index < -0.39 is 0 Å². The highest BCUT2D eigenvalue weighted by Gasteiger charge is 2.30. The van der Waals surface area contributed by atoms with Gasteiger partial charge >= 0.3 is 0 Å². The van der Waals surface area contributed by atoms with Gasteiger partial charge in [0.25, 0.3) is 0 Å². The van der Waals surface area contributed by atoms with E-state index in [-0.39, 0.29) is 0 Å². The van der Waals surface area contributed by atoms with Crippen molar-refractivity contribution < 1.29 is 0 Å². The van der Waals surface area contributed by atoms with Gasteiger partial charge in [-0.3, -0.25) is 0 Å². The minimum atomic E-state index is 0.868. The van der Waals surface area contributed by atoms with Crippen molar-refractivity contribution in [2.75, 3.05) is 32.7 Å². The van der Waals surface area contributed by atoms with Crippen LogP contribution < -0.4 is 16.4 Å². The Bertz CT molecular complexity index is 178. The Balaban J connectivity index is 1.90. The first-order chi connectivity index (χ1) is 8.42. The van der Waals surface area contributed by atoms with E-state index in [1.807, 2.05) is 0 Å². The second-order valence-corrected chi connectivity index (χ2v) is 5.77. The molecule has 0 spiro atoms. The van der Waals surface area contributed by atoms with Crippen LogP contribution in [0.2, 0.25) is 0 Å². The molecule has 0 saturated carbocycles. The minimum Gasteiger partial charge on any atom is -0.330 e. The summed E-state index contributed by atoms with van der Waals surface area (Å²) in [6.07, 6.45) is 8.14. The van der Waals surface area contributed by atoms with E-state index in [0.29, 0.717) is 0 Å². The molecule has 17 heavy (non-hydrogen) atoms. The third-order valence-electron chi connectivity index (χ3n) is 4.72. The molecule has 0 radical (unpaired) electrons. The molecule has 3 nitrogen and oxygen atoms in total. The van der Waals surface area contributed by atoms with Crippen molar-refractivity contribution in [1.82, 2.24) is 10.6 Å². The van der Waals surface area contributed by atoms with E-state index >= 15 is 0 Å². The summed E-state index contributed by atoms with van der Waals surface area (Å²) in [6, 6.07) is 0. The third-order valence-corrected chi connectivity index (χ3v) is 4.72. The van der Waals surface area contributed by atoms with Gasteiger partial charge in [0.2, 0.25) is 0 Å². The van der Waals surface area contributed by atoms with Crippen LogP contribution >= 0.6 is 0 Å². The van der Waals surface area contributed by atoms with Crippen LogP contribution in [0.3, 0.4) is 0 Å². The molecule has 0 atom stereocenters. The van der Waals surface area contributed by atoms with Crippen molar-refractivity contribution >= 4 is 0 Å². The maximum absolute atomic E-state index is 5.71. The van der Waals surface area contributed by atoms with Crippen LogP contribution in [0.4, 0.5) is 0 Å². The Morgan fingerprint density at radius 2 is 1.35 bits per heavy atom. The van der Waals surface area contributed by atoms with Crippen LogP contribution in [0.1, 0.15) is 38.5 Å². The second-order valence-electron chi connectivity index (χ2n) is 5.77. The molecule has 0 amide bonds. The largest absolute Gasteiger partial charge is 0.330 e. The monoisotopic (exact) mass is 239 g/mol. The van der Waals surface area contributed by atoms with Crippen molar-refractivity contribution in [3.8, 4) is 0 Å². The molecule has 2 heterocycles. The summed E-state index contributed by atoms with van der Waals surface area (Å²) in [4.78, 5) is 0. The first-order valence-corrected chi connectivity index (χ1v) is 7.53. The predicted molar refractivity (Wildman–Crippen MR) is 73.0 cm³/mol. The Labute approximate surface area is 106 Å². The average molecular weight is 239 g/mol. The first kappa shape index (κ1) is 13.3. The standard InChI is InChI=1S/C14H29N3/c15-7-1-2-14(12-3-8-16-9-4-12)13-5-10-17-11-6-13/h12-14,16-17H,1-11,15H2. The van der Waals surface area contributed by atoms with Gasteiger partial charge in [-0.25, -0.2) is 0 Å². The van der Waals surface area contributed by atoms with Gasteiger partial charge in [-0.2, -0.15) is 0 Å². The Morgan fingerprint density at radius 3 is 1.76 bits per heavy atom. The van der Waals surface area contributed by atoms with Gasteiger partial charge in [0.1, 0.15) is 0 Å². The van der Waals surface area contributed by atoms with Crippen LogP contribution in [0.5, 0.6) is 0 Å². The Morgan fingerprint density at radius 1 is 0.882 bits per heavy atom. The lowest BCUT2D eigenvalue weighted by molar-refractivity contribution is 0.143. The molecular formula is C14H29N3. The Kier molecular flexibility index (Phi) is 5.75. The summed E-state index contributed by atoms with van der Waals surface area (Å²) in [7, 11) is 0. The highest BCUT2D eigenvalue weighted by Crippen LogP contribution is 2.36. The van der Waals surface area contributed by atoms with Gasteiger partial charge in [0, 0.05) is 0 Å². The zero-order valence-corrected chi connectivity index (χ0v) is 11.1. The van der Waals surface area contributed by atoms with E-state index in [0.717, 1.165) is 24.3 Å². The SMILES string of the molecule is NCCCC(C1CCNCC1)C1CCNCC1. The smallest absolute Gasteiger partial charge is 0.00462 e. The number of nitrogens with two attached hydrogens (primary N) is 1. The van der Waals surface area contributed by atoms with Crippen molar-refractivity contribution in [3.63, 3.8) is 0 Å². The molecule has 2 saturated heterocycles. The highest BCUT2D eigenvalue weighted by atomic mass is 14.9.